The molecular weight excluding hydrogens is 224 g/mol. The molecular formula is C10H10N4O3. The quantitative estimate of drug-likeness (QED) is 0.794. The Bertz CT molecular complexity index is 617. The molecule has 2 aromatic heterocycles. The molecule has 0 aliphatic rings. The van der Waals surface area contributed by atoms with Gasteiger partial charge in [0, 0.05) is 20.2 Å². The Labute approximate surface area is 96.1 Å². The van der Waals surface area contributed by atoms with Crippen LogP contribution in [-0.4, -0.2) is 31.7 Å². The number of carboxylic acid groups (broad SMARTS) is 1. The summed E-state index contributed by atoms with van der Waals surface area (Å²) in [5.41, 5.74) is 0.683. The van der Waals surface area contributed by atoms with Crippen LogP contribution in [0.5, 0.6) is 0 Å². The number of hydrogen-bond donors (Lipinski definition) is 2. The summed E-state index contributed by atoms with van der Waals surface area (Å²) in [7, 11) is 1.69. The van der Waals surface area contributed by atoms with Gasteiger partial charge in [-0.15, -0.1) is 0 Å². The van der Waals surface area contributed by atoms with Crippen LogP contribution in [0.25, 0.3) is 11.0 Å². The lowest BCUT2D eigenvalue weighted by atomic mass is 10.2. The molecule has 0 aliphatic carbocycles. The Morgan fingerprint density at radius 3 is 2.71 bits per heavy atom. The maximum atomic E-state index is 11.1. The highest BCUT2D eigenvalue weighted by Crippen LogP contribution is 2.25. The largest absolute Gasteiger partial charge is 0.478 e. The summed E-state index contributed by atoms with van der Waals surface area (Å²) >= 11 is 0. The van der Waals surface area contributed by atoms with Crippen LogP contribution in [0.1, 0.15) is 17.3 Å². The number of carbonyl (C=O) groups excluding carboxylic acids is 1. The molecule has 2 N–H and O–H groups in total. The van der Waals surface area contributed by atoms with Crippen LogP contribution in [0, 0.1) is 0 Å². The lowest BCUT2D eigenvalue weighted by molar-refractivity contribution is -0.114. The monoisotopic (exact) mass is 234 g/mol. The number of fused-ring (bicyclic) bond motifs is 1. The van der Waals surface area contributed by atoms with Crippen molar-refractivity contribution < 1.29 is 14.7 Å². The number of aromatic nitrogens is 3. The summed E-state index contributed by atoms with van der Waals surface area (Å²) in [6.07, 6.45) is 2.68. The van der Waals surface area contributed by atoms with Gasteiger partial charge in [-0.3, -0.25) is 9.48 Å². The number of pyridine rings is 1. The van der Waals surface area contributed by atoms with Crippen molar-refractivity contribution in [2.45, 2.75) is 6.92 Å². The fourth-order valence-corrected chi connectivity index (χ4v) is 1.57. The predicted molar refractivity (Wildman–Crippen MR) is 59.8 cm³/mol. The minimum Gasteiger partial charge on any atom is -0.478 e. The SMILES string of the molecule is CC(=O)Nc1c(C(=O)O)cnc2c1cnn2C. The summed E-state index contributed by atoms with van der Waals surface area (Å²) in [5, 5.41) is 16.0. The molecule has 0 spiro atoms. The van der Waals surface area contributed by atoms with Crippen molar-refractivity contribution in [3.05, 3.63) is 18.0 Å². The maximum Gasteiger partial charge on any atom is 0.339 e. The van der Waals surface area contributed by atoms with Gasteiger partial charge in [-0.25, -0.2) is 9.78 Å². The Kier molecular flexibility index (Phi) is 2.51. The van der Waals surface area contributed by atoms with Crippen LogP contribution in [-0.2, 0) is 11.8 Å². The van der Waals surface area contributed by atoms with Gasteiger partial charge in [0.15, 0.2) is 5.65 Å². The van der Waals surface area contributed by atoms with Crippen LogP contribution < -0.4 is 5.32 Å². The van der Waals surface area contributed by atoms with Gasteiger partial charge in [-0.2, -0.15) is 5.10 Å². The zero-order valence-corrected chi connectivity index (χ0v) is 9.26. The number of nitrogens with one attached hydrogen (secondary N) is 1. The van der Waals surface area contributed by atoms with Crippen LogP contribution >= 0.6 is 0 Å². The molecule has 88 valence electrons. The number of nitrogens with zero attached hydrogens (tertiary/aromatic N) is 3. The molecule has 17 heavy (non-hydrogen) atoms. The van der Waals surface area contributed by atoms with Crippen LogP contribution in [0.15, 0.2) is 12.4 Å². The van der Waals surface area contributed by atoms with Gasteiger partial charge >= 0.3 is 5.97 Å². The Morgan fingerprint density at radius 2 is 2.12 bits per heavy atom. The third kappa shape index (κ3) is 1.82. The van der Waals surface area contributed by atoms with E-state index in [0.29, 0.717) is 11.0 Å². The Morgan fingerprint density at radius 1 is 1.41 bits per heavy atom. The van der Waals surface area contributed by atoms with Gasteiger partial charge in [-0.05, 0) is 0 Å². The first-order valence-corrected chi connectivity index (χ1v) is 4.82. The molecule has 7 heteroatoms. The lowest BCUT2D eigenvalue weighted by Crippen LogP contribution is -2.12. The van der Waals surface area contributed by atoms with E-state index >= 15 is 0 Å². The number of rotatable bonds is 2. The maximum absolute atomic E-state index is 11.1. The highest BCUT2D eigenvalue weighted by atomic mass is 16.4. The molecule has 1 amide bonds. The van der Waals surface area contributed by atoms with E-state index in [4.69, 9.17) is 5.11 Å². The minimum absolute atomic E-state index is 0.0549. The fourth-order valence-electron chi connectivity index (χ4n) is 1.57. The van der Waals surface area contributed by atoms with Crippen LogP contribution in [0.3, 0.4) is 0 Å². The van der Waals surface area contributed by atoms with Crippen molar-refractivity contribution in [2.24, 2.45) is 7.05 Å². The van der Waals surface area contributed by atoms with Gasteiger partial charge in [0.1, 0.15) is 5.56 Å². The fraction of sp³-hybridized carbons (Fsp3) is 0.200. The first-order chi connectivity index (χ1) is 8.00. The third-order valence-electron chi connectivity index (χ3n) is 2.29. The number of carbonyl (C=O) groups is 2. The molecule has 0 fully saturated rings. The number of carboxylic acids is 1. The predicted octanol–water partition coefficient (Wildman–Crippen LogP) is 0.625. The molecule has 0 atom stereocenters. The van der Waals surface area contributed by atoms with Crippen molar-refractivity contribution in [1.29, 1.82) is 0 Å². The third-order valence-corrected chi connectivity index (χ3v) is 2.29. The molecule has 7 nitrogen and oxygen atoms in total. The number of hydrogen-bond acceptors (Lipinski definition) is 4. The highest BCUT2D eigenvalue weighted by molar-refractivity contribution is 6.08. The van der Waals surface area contributed by atoms with Gasteiger partial charge in [0.05, 0.1) is 17.3 Å². The second-order valence-electron chi connectivity index (χ2n) is 3.54. The van der Waals surface area contributed by atoms with E-state index in [1.54, 1.807) is 7.05 Å². The molecule has 2 heterocycles. The Hall–Kier alpha value is -2.44. The van der Waals surface area contributed by atoms with Crippen LogP contribution in [0.2, 0.25) is 0 Å². The van der Waals surface area contributed by atoms with Crippen molar-refractivity contribution in [3.8, 4) is 0 Å². The van der Waals surface area contributed by atoms with Crippen LogP contribution in [0.4, 0.5) is 5.69 Å². The van der Waals surface area contributed by atoms with Gasteiger partial charge in [0.2, 0.25) is 5.91 Å². The van der Waals surface area contributed by atoms with E-state index < -0.39 is 5.97 Å². The molecule has 2 rings (SSSR count). The van der Waals surface area contributed by atoms with E-state index in [1.807, 2.05) is 0 Å². The lowest BCUT2D eigenvalue weighted by Gasteiger charge is -2.07. The Balaban J connectivity index is 2.74. The summed E-state index contributed by atoms with van der Waals surface area (Å²) in [4.78, 5) is 26.1. The molecule has 0 aromatic carbocycles. The zero-order chi connectivity index (χ0) is 12.6. The molecule has 0 aliphatic heterocycles. The van der Waals surface area contributed by atoms with E-state index in [2.05, 4.69) is 15.4 Å². The molecule has 0 bridgehead atoms. The summed E-state index contributed by atoms with van der Waals surface area (Å²) < 4.78 is 1.51. The van der Waals surface area contributed by atoms with Crippen molar-refractivity contribution in [2.75, 3.05) is 5.32 Å². The summed E-state index contributed by atoms with van der Waals surface area (Å²) in [6, 6.07) is 0. The molecule has 0 saturated heterocycles. The van der Waals surface area contributed by atoms with Crippen molar-refractivity contribution in [3.63, 3.8) is 0 Å². The van der Waals surface area contributed by atoms with Gasteiger partial charge in [-0.1, -0.05) is 0 Å². The van der Waals surface area contributed by atoms with Gasteiger partial charge in [0.25, 0.3) is 0 Å². The summed E-state index contributed by atoms with van der Waals surface area (Å²) in [5.74, 6) is -1.49. The van der Waals surface area contributed by atoms with E-state index in [9.17, 15) is 9.59 Å². The molecule has 2 aromatic rings. The van der Waals surface area contributed by atoms with E-state index in [1.165, 1.54) is 24.0 Å². The average Bonchev–Trinajstić information content (AvgIpc) is 2.60. The number of amides is 1. The zero-order valence-electron chi connectivity index (χ0n) is 9.26. The second kappa shape index (κ2) is 3.85. The number of aryl methyl sites for hydroxylation is 1. The van der Waals surface area contributed by atoms with E-state index in [0.717, 1.165) is 0 Å². The standard InChI is InChI=1S/C10H10N4O3/c1-5(15)13-8-6-4-12-14(2)9(6)11-3-7(8)10(16)17/h3-4H,1-2H3,(H,16,17)(H,11,13,15). The van der Waals surface area contributed by atoms with Crippen molar-refractivity contribution >= 4 is 28.6 Å². The number of aromatic carboxylic acids is 1. The second-order valence-corrected chi connectivity index (χ2v) is 3.54. The van der Waals surface area contributed by atoms with E-state index in [-0.39, 0.29) is 17.2 Å². The molecule has 0 radical (unpaired) electrons. The normalized spacial score (nSPS) is 10.5. The topological polar surface area (TPSA) is 97.1 Å². The average molecular weight is 234 g/mol. The summed E-state index contributed by atoms with van der Waals surface area (Å²) in [6.45, 7) is 1.31. The molecule has 0 unspecified atom stereocenters. The highest BCUT2D eigenvalue weighted by Gasteiger charge is 2.17. The first-order valence-electron chi connectivity index (χ1n) is 4.82. The first kappa shape index (κ1) is 11.1. The number of anilines is 1. The van der Waals surface area contributed by atoms with Gasteiger partial charge < -0.3 is 10.4 Å². The molecule has 0 saturated carbocycles. The minimum atomic E-state index is -1.15. The van der Waals surface area contributed by atoms with Crippen molar-refractivity contribution in [1.82, 2.24) is 14.8 Å². The smallest absolute Gasteiger partial charge is 0.339 e.